The Kier molecular flexibility index (Phi) is 6.63. The number of sulfonamides is 1. The molecule has 2 rings (SSSR count). The topological polar surface area (TPSA) is 66.9 Å². The number of benzene rings is 2. The number of carbonyl (C=O) groups is 1. The summed E-state index contributed by atoms with van der Waals surface area (Å²) in [6.45, 7) is 0.654. The minimum absolute atomic E-state index is 0.142. The van der Waals surface area contributed by atoms with Crippen LogP contribution in [0.3, 0.4) is 0 Å². The highest BCUT2D eigenvalue weighted by Gasteiger charge is 2.18. The normalized spacial score (nSPS) is 11.4. The summed E-state index contributed by atoms with van der Waals surface area (Å²) in [4.78, 5) is 14.1. The molecule has 2 aromatic rings. The van der Waals surface area contributed by atoms with Crippen LogP contribution in [0.2, 0.25) is 5.02 Å². The van der Waals surface area contributed by atoms with Gasteiger partial charge in [-0.1, -0.05) is 23.7 Å². The van der Waals surface area contributed by atoms with E-state index in [1.807, 2.05) is 12.1 Å². The molecule has 6 nitrogen and oxygen atoms in total. The quantitative estimate of drug-likeness (QED) is 0.721. The summed E-state index contributed by atoms with van der Waals surface area (Å²) in [6.07, 6.45) is 0. The summed E-state index contributed by atoms with van der Waals surface area (Å²) in [6, 6.07) is 13.0. The minimum Gasteiger partial charge on any atom is -0.490 e. The molecule has 26 heavy (non-hydrogen) atoms. The highest BCUT2D eigenvalue weighted by Crippen LogP contribution is 2.23. The Morgan fingerprint density at radius 2 is 1.65 bits per heavy atom. The van der Waals surface area contributed by atoms with E-state index in [0.717, 1.165) is 4.31 Å². The van der Waals surface area contributed by atoms with Crippen LogP contribution < -0.4 is 4.74 Å². The number of likely N-dealkylation sites (N-methyl/N-ethyl adjacent to an activating group) is 1. The van der Waals surface area contributed by atoms with Gasteiger partial charge in [-0.05, 0) is 36.4 Å². The molecular weight excluding hydrogens is 376 g/mol. The van der Waals surface area contributed by atoms with E-state index in [1.165, 1.54) is 43.3 Å². The Hall–Kier alpha value is -2.09. The summed E-state index contributed by atoms with van der Waals surface area (Å²) in [5, 5.41) is 0.513. The summed E-state index contributed by atoms with van der Waals surface area (Å²) < 4.78 is 30.8. The fraction of sp³-hybridized carbons (Fsp3) is 0.278. The number of carbonyl (C=O) groups excluding carboxylic acids is 1. The summed E-state index contributed by atoms with van der Waals surface area (Å²) >= 11 is 6.01. The summed E-state index contributed by atoms with van der Waals surface area (Å²) in [5.74, 6) is 0.342. The lowest BCUT2D eigenvalue weighted by Crippen LogP contribution is -2.31. The molecule has 140 valence electrons. The van der Waals surface area contributed by atoms with Crippen molar-refractivity contribution in [3.05, 3.63) is 59.1 Å². The van der Waals surface area contributed by atoms with Gasteiger partial charge in [-0.3, -0.25) is 4.79 Å². The molecule has 0 aliphatic rings. The average molecular weight is 397 g/mol. The fourth-order valence-corrected chi connectivity index (χ4v) is 3.25. The van der Waals surface area contributed by atoms with Crippen molar-refractivity contribution in [1.29, 1.82) is 0 Å². The standard InChI is InChI=1S/C18H21ClN2O4S/c1-20(2)26(23,24)15-10-8-14(9-11-15)18(22)21(3)12-13-25-17-7-5-4-6-16(17)19/h4-11H,12-13H2,1-3H3. The zero-order chi connectivity index (χ0) is 19.3. The van der Waals surface area contributed by atoms with E-state index in [0.29, 0.717) is 29.5 Å². The van der Waals surface area contributed by atoms with Crippen molar-refractivity contribution in [3.8, 4) is 5.75 Å². The van der Waals surface area contributed by atoms with Gasteiger partial charge in [-0.25, -0.2) is 12.7 Å². The molecule has 8 heteroatoms. The van der Waals surface area contributed by atoms with Crippen LogP contribution in [0, 0.1) is 0 Å². The predicted octanol–water partition coefficient (Wildman–Crippen LogP) is 2.74. The van der Waals surface area contributed by atoms with Gasteiger partial charge in [0.2, 0.25) is 10.0 Å². The molecule has 0 saturated carbocycles. The van der Waals surface area contributed by atoms with Crippen LogP contribution >= 0.6 is 11.6 Å². The molecule has 0 fully saturated rings. The maximum absolute atomic E-state index is 12.4. The van der Waals surface area contributed by atoms with Crippen LogP contribution in [-0.4, -0.2) is 57.8 Å². The van der Waals surface area contributed by atoms with Crippen LogP contribution in [0.15, 0.2) is 53.4 Å². The molecule has 0 radical (unpaired) electrons. The molecule has 0 aromatic heterocycles. The number of hydrogen-bond acceptors (Lipinski definition) is 4. The summed E-state index contributed by atoms with van der Waals surface area (Å²) in [7, 11) is 1.06. The second kappa shape index (κ2) is 8.53. The Morgan fingerprint density at radius 1 is 1.04 bits per heavy atom. The Morgan fingerprint density at radius 3 is 2.23 bits per heavy atom. The third-order valence-corrected chi connectivity index (χ3v) is 5.89. The third-order valence-electron chi connectivity index (χ3n) is 3.75. The molecule has 0 atom stereocenters. The smallest absolute Gasteiger partial charge is 0.253 e. The van der Waals surface area contributed by atoms with Crippen molar-refractivity contribution >= 4 is 27.5 Å². The van der Waals surface area contributed by atoms with E-state index in [4.69, 9.17) is 16.3 Å². The van der Waals surface area contributed by atoms with E-state index in [2.05, 4.69) is 0 Å². The molecule has 0 unspecified atom stereocenters. The number of para-hydroxylation sites is 1. The number of halogens is 1. The predicted molar refractivity (Wildman–Crippen MR) is 101 cm³/mol. The van der Waals surface area contributed by atoms with Crippen LogP contribution in [-0.2, 0) is 10.0 Å². The van der Waals surface area contributed by atoms with Crippen LogP contribution in [0.1, 0.15) is 10.4 Å². The number of amides is 1. The van der Waals surface area contributed by atoms with E-state index in [-0.39, 0.29) is 10.8 Å². The van der Waals surface area contributed by atoms with Gasteiger partial charge in [0, 0.05) is 26.7 Å². The number of rotatable bonds is 7. The maximum Gasteiger partial charge on any atom is 0.253 e. The van der Waals surface area contributed by atoms with E-state index in [9.17, 15) is 13.2 Å². The molecule has 0 aliphatic heterocycles. The third kappa shape index (κ3) is 4.75. The second-order valence-electron chi connectivity index (χ2n) is 5.82. The van der Waals surface area contributed by atoms with Crippen LogP contribution in [0.25, 0.3) is 0 Å². The lowest BCUT2D eigenvalue weighted by molar-refractivity contribution is 0.0773. The van der Waals surface area contributed by atoms with Crippen molar-refractivity contribution < 1.29 is 17.9 Å². The van der Waals surface area contributed by atoms with Gasteiger partial charge in [0.1, 0.15) is 12.4 Å². The van der Waals surface area contributed by atoms with Crippen molar-refractivity contribution in [3.63, 3.8) is 0 Å². The fourth-order valence-electron chi connectivity index (χ4n) is 2.16. The molecule has 0 aliphatic carbocycles. The maximum atomic E-state index is 12.4. The second-order valence-corrected chi connectivity index (χ2v) is 8.38. The molecular formula is C18H21ClN2O4S. The molecule has 0 N–H and O–H groups in total. The Balaban J connectivity index is 1.97. The Labute approximate surface area is 159 Å². The van der Waals surface area contributed by atoms with Crippen LogP contribution in [0.5, 0.6) is 5.75 Å². The highest BCUT2D eigenvalue weighted by molar-refractivity contribution is 7.89. The lowest BCUT2D eigenvalue weighted by Gasteiger charge is -2.18. The van der Waals surface area contributed by atoms with Crippen molar-refractivity contribution in [2.45, 2.75) is 4.90 Å². The largest absolute Gasteiger partial charge is 0.490 e. The van der Waals surface area contributed by atoms with Crippen molar-refractivity contribution in [2.24, 2.45) is 0 Å². The number of hydrogen-bond donors (Lipinski definition) is 0. The van der Waals surface area contributed by atoms with Gasteiger partial charge < -0.3 is 9.64 Å². The van der Waals surface area contributed by atoms with Gasteiger partial charge in [0.15, 0.2) is 0 Å². The molecule has 2 aromatic carbocycles. The van der Waals surface area contributed by atoms with Gasteiger partial charge >= 0.3 is 0 Å². The first-order chi connectivity index (χ1) is 12.2. The first-order valence-corrected chi connectivity index (χ1v) is 9.70. The molecule has 1 amide bonds. The molecule has 0 bridgehead atoms. The molecule has 0 heterocycles. The van der Waals surface area contributed by atoms with Gasteiger partial charge in [0.05, 0.1) is 16.5 Å². The number of ether oxygens (including phenoxy) is 1. The monoisotopic (exact) mass is 396 g/mol. The Bertz CT molecular complexity index is 867. The highest BCUT2D eigenvalue weighted by atomic mass is 35.5. The van der Waals surface area contributed by atoms with Gasteiger partial charge in [-0.15, -0.1) is 0 Å². The first kappa shape index (κ1) is 20.2. The zero-order valence-electron chi connectivity index (χ0n) is 14.8. The van der Waals surface area contributed by atoms with E-state index < -0.39 is 10.0 Å². The van der Waals surface area contributed by atoms with Crippen molar-refractivity contribution in [2.75, 3.05) is 34.3 Å². The van der Waals surface area contributed by atoms with E-state index in [1.54, 1.807) is 19.2 Å². The van der Waals surface area contributed by atoms with E-state index >= 15 is 0 Å². The lowest BCUT2D eigenvalue weighted by atomic mass is 10.2. The summed E-state index contributed by atoms with van der Waals surface area (Å²) in [5.41, 5.74) is 0.406. The van der Waals surface area contributed by atoms with Gasteiger partial charge in [-0.2, -0.15) is 0 Å². The molecule has 0 spiro atoms. The SMILES string of the molecule is CN(CCOc1ccccc1Cl)C(=O)c1ccc(S(=O)(=O)N(C)C)cc1. The minimum atomic E-state index is -3.51. The van der Waals surface area contributed by atoms with Crippen LogP contribution in [0.4, 0.5) is 0 Å². The van der Waals surface area contributed by atoms with Gasteiger partial charge in [0.25, 0.3) is 5.91 Å². The van der Waals surface area contributed by atoms with Crippen molar-refractivity contribution in [1.82, 2.24) is 9.21 Å². The zero-order valence-corrected chi connectivity index (χ0v) is 16.4. The average Bonchev–Trinajstić information content (AvgIpc) is 2.62. The molecule has 0 saturated heterocycles. The first-order valence-electron chi connectivity index (χ1n) is 7.89. The number of nitrogens with zero attached hydrogens (tertiary/aromatic N) is 2.